The fourth-order valence-electron chi connectivity index (χ4n) is 3.14. The van der Waals surface area contributed by atoms with Gasteiger partial charge in [0.2, 0.25) is 0 Å². The van der Waals surface area contributed by atoms with Crippen LogP contribution >= 0.6 is 11.3 Å². The average Bonchev–Trinajstić information content (AvgIpc) is 2.72. The van der Waals surface area contributed by atoms with Gasteiger partial charge in [-0.05, 0) is 46.6 Å². The molecular formula is C21H30S. The van der Waals surface area contributed by atoms with E-state index in [1.807, 2.05) is 17.4 Å². The van der Waals surface area contributed by atoms with Gasteiger partial charge in [0.1, 0.15) is 0 Å². The number of fused-ring (bicyclic) bond motifs is 1. The van der Waals surface area contributed by atoms with Gasteiger partial charge >= 0.3 is 0 Å². The van der Waals surface area contributed by atoms with Crippen LogP contribution in [0.15, 0.2) is 30.8 Å². The second kappa shape index (κ2) is 6.20. The van der Waals surface area contributed by atoms with Crippen LogP contribution in [0.2, 0.25) is 0 Å². The molecule has 0 bridgehead atoms. The summed E-state index contributed by atoms with van der Waals surface area (Å²) >= 11 is 1.95. The van der Waals surface area contributed by atoms with Crippen molar-refractivity contribution in [1.82, 2.24) is 0 Å². The standard InChI is InChI=1S/C21H30S/c1-8-16-17-11-9-10-12-18(17)22-19(16)13-15(21(5,6)7)14-20(2,3)4/h8-12,15H,1,13-14H2,2-7H3. The average molecular weight is 315 g/mol. The molecule has 0 fully saturated rings. The van der Waals surface area contributed by atoms with Crippen molar-refractivity contribution >= 4 is 27.5 Å². The number of benzene rings is 1. The first-order valence-electron chi connectivity index (χ1n) is 8.24. The number of rotatable bonds is 4. The molecule has 2 rings (SSSR count). The highest BCUT2D eigenvalue weighted by atomic mass is 32.1. The molecule has 1 unspecified atom stereocenters. The molecule has 1 heteroatoms. The van der Waals surface area contributed by atoms with Gasteiger partial charge in [0.05, 0.1) is 0 Å². The Bertz CT molecular complexity index is 647. The molecular weight excluding hydrogens is 284 g/mol. The molecule has 0 saturated carbocycles. The lowest BCUT2D eigenvalue weighted by atomic mass is 9.70. The summed E-state index contributed by atoms with van der Waals surface area (Å²) in [6.45, 7) is 18.3. The summed E-state index contributed by atoms with van der Waals surface area (Å²) in [4.78, 5) is 1.50. The molecule has 0 aliphatic carbocycles. The summed E-state index contributed by atoms with van der Waals surface area (Å²) in [5.41, 5.74) is 2.04. The van der Waals surface area contributed by atoms with Crippen LogP contribution in [0.3, 0.4) is 0 Å². The molecule has 1 aromatic carbocycles. The normalized spacial score (nSPS) is 14.3. The molecule has 1 aromatic heterocycles. The monoisotopic (exact) mass is 314 g/mol. The minimum atomic E-state index is 0.321. The first-order chi connectivity index (χ1) is 10.1. The van der Waals surface area contributed by atoms with E-state index in [0.717, 1.165) is 6.42 Å². The minimum absolute atomic E-state index is 0.321. The first kappa shape index (κ1) is 17.3. The second-order valence-corrected chi connectivity index (χ2v) is 9.81. The summed E-state index contributed by atoms with van der Waals surface area (Å²) in [5.74, 6) is 0.680. The van der Waals surface area contributed by atoms with E-state index < -0.39 is 0 Å². The fourth-order valence-corrected chi connectivity index (χ4v) is 4.43. The van der Waals surface area contributed by atoms with Crippen molar-refractivity contribution in [3.63, 3.8) is 0 Å². The van der Waals surface area contributed by atoms with E-state index in [0.29, 0.717) is 16.7 Å². The van der Waals surface area contributed by atoms with E-state index in [9.17, 15) is 0 Å². The Morgan fingerprint density at radius 2 is 1.73 bits per heavy atom. The number of hydrogen-bond acceptors (Lipinski definition) is 1. The smallest absolute Gasteiger partial charge is 0.0351 e. The highest BCUT2D eigenvalue weighted by Crippen LogP contribution is 2.41. The third-order valence-electron chi connectivity index (χ3n) is 4.43. The predicted molar refractivity (Wildman–Crippen MR) is 103 cm³/mol. The minimum Gasteiger partial charge on any atom is -0.140 e. The maximum absolute atomic E-state index is 4.06. The molecule has 0 saturated heterocycles. The van der Waals surface area contributed by atoms with E-state index in [-0.39, 0.29) is 0 Å². The van der Waals surface area contributed by atoms with Gasteiger partial charge in [-0.3, -0.25) is 0 Å². The van der Waals surface area contributed by atoms with Crippen molar-refractivity contribution in [2.24, 2.45) is 16.7 Å². The number of thiophene rings is 1. The van der Waals surface area contributed by atoms with Gasteiger partial charge in [-0.25, -0.2) is 0 Å². The van der Waals surface area contributed by atoms with Gasteiger partial charge in [-0.1, -0.05) is 72.4 Å². The van der Waals surface area contributed by atoms with Gasteiger partial charge in [0.15, 0.2) is 0 Å². The van der Waals surface area contributed by atoms with E-state index in [4.69, 9.17) is 0 Å². The highest BCUT2D eigenvalue weighted by Gasteiger charge is 2.30. The lowest BCUT2D eigenvalue weighted by Crippen LogP contribution is -2.27. The Balaban J connectivity index is 2.40. The van der Waals surface area contributed by atoms with E-state index >= 15 is 0 Å². The maximum atomic E-state index is 4.06. The highest BCUT2D eigenvalue weighted by molar-refractivity contribution is 7.19. The Morgan fingerprint density at radius 1 is 1.09 bits per heavy atom. The lowest BCUT2D eigenvalue weighted by Gasteiger charge is -2.35. The fraction of sp³-hybridized carbons (Fsp3) is 0.524. The van der Waals surface area contributed by atoms with Crippen molar-refractivity contribution in [3.8, 4) is 0 Å². The first-order valence-corrected chi connectivity index (χ1v) is 9.06. The third-order valence-corrected chi connectivity index (χ3v) is 5.64. The van der Waals surface area contributed by atoms with Crippen molar-refractivity contribution in [1.29, 1.82) is 0 Å². The zero-order chi connectivity index (χ0) is 16.5. The van der Waals surface area contributed by atoms with Crippen LogP contribution in [-0.4, -0.2) is 0 Å². The zero-order valence-corrected chi connectivity index (χ0v) is 15.8. The van der Waals surface area contributed by atoms with Gasteiger partial charge in [-0.2, -0.15) is 0 Å². The summed E-state index contributed by atoms with van der Waals surface area (Å²) in [6, 6.07) is 8.71. The molecule has 120 valence electrons. The molecule has 0 nitrogen and oxygen atoms in total. The van der Waals surface area contributed by atoms with Crippen LogP contribution in [0.5, 0.6) is 0 Å². The van der Waals surface area contributed by atoms with Crippen LogP contribution < -0.4 is 0 Å². The molecule has 1 heterocycles. The van der Waals surface area contributed by atoms with Gasteiger partial charge in [0, 0.05) is 9.58 Å². The van der Waals surface area contributed by atoms with Crippen molar-refractivity contribution < 1.29 is 0 Å². The van der Waals surface area contributed by atoms with Crippen LogP contribution in [0.25, 0.3) is 16.2 Å². The lowest BCUT2D eigenvalue weighted by molar-refractivity contribution is 0.165. The maximum Gasteiger partial charge on any atom is 0.0351 e. The SMILES string of the molecule is C=Cc1c(CC(CC(C)(C)C)C(C)(C)C)sc2ccccc12. The molecule has 0 amide bonds. The van der Waals surface area contributed by atoms with Crippen molar-refractivity contribution in [2.45, 2.75) is 54.4 Å². The molecule has 0 radical (unpaired) electrons. The van der Waals surface area contributed by atoms with Crippen LogP contribution in [-0.2, 0) is 6.42 Å². The van der Waals surface area contributed by atoms with Gasteiger partial charge < -0.3 is 0 Å². The Morgan fingerprint density at radius 3 is 2.27 bits per heavy atom. The molecule has 0 N–H and O–H groups in total. The summed E-state index contributed by atoms with van der Waals surface area (Å²) in [6.07, 6.45) is 4.45. The molecule has 22 heavy (non-hydrogen) atoms. The molecule has 0 spiro atoms. The quantitative estimate of drug-likeness (QED) is 0.560. The molecule has 0 aliphatic rings. The molecule has 1 atom stereocenters. The predicted octanol–water partition coefficient (Wildman–Crippen LogP) is 7.19. The largest absolute Gasteiger partial charge is 0.140 e. The zero-order valence-electron chi connectivity index (χ0n) is 15.0. The summed E-state index contributed by atoms with van der Waals surface area (Å²) < 4.78 is 1.39. The summed E-state index contributed by atoms with van der Waals surface area (Å²) in [7, 11) is 0. The van der Waals surface area contributed by atoms with Crippen LogP contribution in [0.1, 0.15) is 58.4 Å². The summed E-state index contributed by atoms with van der Waals surface area (Å²) in [5, 5.41) is 1.36. The van der Waals surface area contributed by atoms with Gasteiger partial charge in [-0.15, -0.1) is 11.3 Å². The third kappa shape index (κ3) is 4.01. The van der Waals surface area contributed by atoms with E-state index in [1.54, 1.807) is 0 Å². The van der Waals surface area contributed by atoms with Crippen molar-refractivity contribution in [2.75, 3.05) is 0 Å². The van der Waals surface area contributed by atoms with E-state index in [2.05, 4.69) is 72.4 Å². The van der Waals surface area contributed by atoms with Gasteiger partial charge in [0.25, 0.3) is 0 Å². The molecule has 0 aliphatic heterocycles. The number of hydrogen-bond donors (Lipinski definition) is 0. The second-order valence-electron chi connectivity index (χ2n) is 8.67. The topological polar surface area (TPSA) is 0 Å². The van der Waals surface area contributed by atoms with Crippen molar-refractivity contribution in [3.05, 3.63) is 41.3 Å². The molecule has 2 aromatic rings. The Hall–Kier alpha value is -1.08. The Kier molecular flexibility index (Phi) is 4.87. The Labute approximate surface area is 140 Å². The van der Waals surface area contributed by atoms with Crippen LogP contribution in [0, 0.1) is 16.7 Å². The van der Waals surface area contributed by atoms with E-state index in [1.165, 1.54) is 26.9 Å². The van der Waals surface area contributed by atoms with Crippen LogP contribution in [0.4, 0.5) is 0 Å².